The number of hydrogen-bond acceptors (Lipinski definition) is 2. The lowest BCUT2D eigenvalue weighted by molar-refractivity contribution is -0.182. The van der Waals surface area contributed by atoms with Crippen LogP contribution in [0.25, 0.3) is 0 Å². The third-order valence-electron chi connectivity index (χ3n) is 2.85. The van der Waals surface area contributed by atoms with Crippen molar-refractivity contribution in [2.24, 2.45) is 10.8 Å². The maximum Gasteiger partial charge on any atom is 0.316 e. The van der Waals surface area contributed by atoms with Crippen molar-refractivity contribution in [2.75, 3.05) is 11.5 Å². The molecule has 0 aromatic rings. The number of carbonyl (C=O) groups is 1. The van der Waals surface area contributed by atoms with Gasteiger partial charge in [0.15, 0.2) is 0 Å². The number of halogens is 2. The van der Waals surface area contributed by atoms with Crippen LogP contribution in [0.15, 0.2) is 0 Å². The summed E-state index contributed by atoms with van der Waals surface area (Å²) in [6.07, 6.45) is -0.324. The van der Waals surface area contributed by atoms with Gasteiger partial charge in [-0.15, -0.1) is 0 Å². The van der Waals surface area contributed by atoms with Gasteiger partial charge in [0, 0.05) is 12.2 Å². The molecule has 1 aliphatic rings. The second kappa shape index (κ2) is 4.17. The van der Waals surface area contributed by atoms with Crippen LogP contribution < -0.4 is 0 Å². The Morgan fingerprint density at radius 1 is 1.44 bits per heavy atom. The Bertz CT molecular complexity index is 286. The Balaban J connectivity index is 3.08. The minimum Gasteiger partial charge on any atom is -0.481 e. The second-order valence-electron chi connectivity index (χ2n) is 5.63. The maximum absolute atomic E-state index is 13.9. The fourth-order valence-corrected chi connectivity index (χ4v) is 3.50. The van der Waals surface area contributed by atoms with Gasteiger partial charge >= 0.3 is 5.97 Å². The summed E-state index contributed by atoms with van der Waals surface area (Å²) in [4.78, 5) is 11.3. The molecule has 0 saturated carbocycles. The molecule has 1 rings (SSSR count). The predicted molar refractivity (Wildman–Crippen MR) is 61.0 cm³/mol. The normalized spacial score (nSPS) is 30.1. The number of thioether (sulfide) groups is 1. The Morgan fingerprint density at radius 2 is 2.00 bits per heavy atom. The van der Waals surface area contributed by atoms with Crippen molar-refractivity contribution in [1.29, 1.82) is 0 Å². The van der Waals surface area contributed by atoms with Gasteiger partial charge in [0.05, 0.1) is 0 Å². The number of aliphatic carboxylic acids is 1. The smallest absolute Gasteiger partial charge is 0.316 e. The van der Waals surface area contributed by atoms with Crippen molar-refractivity contribution in [2.45, 2.75) is 39.5 Å². The lowest BCUT2D eigenvalue weighted by atomic mass is 9.70. The molecule has 5 heteroatoms. The molecule has 1 N–H and O–H groups in total. The summed E-state index contributed by atoms with van der Waals surface area (Å²) >= 11 is 1.31. The SMILES string of the molecule is CC(C)(C)CC1(C(=O)O)CSCCC1(F)F. The Labute approximate surface area is 98.8 Å². The molecular weight excluding hydrogens is 234 g/mol. The number of rotatable bonds is 2. The molecule has 2 nitrogen and oxygen atoms in total. The Kier molecular flexibility index (Phi) is 3.58. The molecule has 0 amide bonds. The largest absolute Gasteiger partial charge is 0.481 e. The Hall–Kier alpha value is -0.320. The van der Waals surface area contributed by atoms with Crippen LogP contribution in [0.2, 0.25) is 0 Å². The third-order valence-corrected chi connectivity index (χ3v) is 4.04. The quantitative estimate of drug-likeness (QED) is 0.819. The van der Waals surface area contributed by atoms with Gasteiger partial charge in [-0.1, -0.05) is 20.8 Å². The van der Waals surface area contributed by atoms with Crippen molar-refractivity contribution in [1.82, 2.24) is 0 Å². The molecule has 0 radical (unpaired) electrons. The first-order chi connectivity index (χ1) is 7.11. The molecule has 1 unspecified atom stereocenters. The van der Waals surface area contributed by atoms with E-state index in [1.54, 1.807) is 20.8 Å². The van der Waals surface area contributed by atoms with E-state index in [0.717, 1.165) is 0 Å². The van der Waals surface area contributed by atoms with Crippen LogP contribution >= 0.6 is 11.8 Å². The predicted octanol–water partition coefficient (Wildman–Crippen LogP) is 3.27. The van der Waals surface area contributed by atoms with Crippen LogP contribution in [0.1, 0.15) is 33.6 Å². The average Bonchev–Trinajstić information content (AvgIpc) is 2.06. The lowest BCUT2D eigenvalue weighted by Gasteiger charge is -2.43. The highest BCUT2D eigenvalue weighted by molar-refractivity contribution is 7.99. The molecule has 1 heterocycles. The van der Waals surface area contributed by atoms with Gasteiger partial charge in [-0.3, -0.25) is 4.79 Å². The second-order valence-corrected chi connectivity index (χ2v) is 6.74. The number of alkyl halides is 2. The van der Waals surface area contributed by atoms with E-state index in [-0.39, 0.29) is 18.6 Å². The fourth-order valence-electron chi connectivity index (χ4n) is 2.17. The van der Waals surface area contributed by atoms with E-state index in [1.165, 1.54) is 11.8 Å². The van der Waals surface area contributed by atoms with Gasteiger partial charge in [-0.2, -0.15) is 11.8 Å². The summed E-state index contributed by atoms with van der Waals surface area (Å²) in [6, 6.07) is 0. The van der Waals surface area contributed by atoms with Crippen LogP contribution in [0, 0.1) is 10.8 Å². The van der Waals surface area contributed by atoms with E-state index >= 15 is 0 Å². The topological polar surface area (TPSA) is 37.3 Å². The summed E-state index contributed by atoms with van der Waals surface area (Å²) in [5.74, 6) is -4.12. The third kappa shape index (κ3) is 2.50. The number of carboxylic acids is 1. The van der Waals surface area contributed by atoms with Crippen LogP contribution in [-0.4, -0.2) is 28.5 Å². The van der Waals surface area contributed by atoms with Gasteiger partial charge < -0.3 is 5.11 Å². The van der Waals surface area contributed by atoms with Crippen LogP contribution in [0.4, 0.5) is 8.78 Å². The van der Waals surface area contributed by atoms with E-state index in [2.05, 4.69) is 0 Å². The minimum atomic E-state index is -3.10. The molecular formula is C11H18F2O2S. The summed E-state index contributed by atoms with van der Waals surface area (Å²) < 4.78 is 27.8. The van der Waals surface area contributed by atoms with Crippen molar-refractivity contribution >= 4 is 17.7 Å². The molecule has 0 spiro atoms. The molecule has 0 aliphatic carbocycles. The van der Waals surface area contributed by atoms with Crippen molar-refractivity contribution in [3.05, 3.63) is 0 Å². The molecule has 0 aromatic carbocycles. The van der Waals surface area contributed by atoms with E-state index in [4.69, 9.17) is 0 Å². The zero-order chi connectivity index (χ0) is 12.6. The standard InChI is InChI=1S/C11H18F2O2S/c1-9(2,3)6-10(8(14)15)7-16-5-4-11(10,12)13/h4-7H2,1-3H3,(H,14,15). The molecule has 0 bridgehead atoms. The van der Waals surface area contributed by atoms with Gasteiger partial charge in [-0.05, 0) is 17.6 Å². The molecule has 1 aliphatic heterocycles. The first-order valence-corrected chi connectivity index (χ1v) is 6.45. The highest BCUT2D eigenvalue weighted by atomic mass is 32.2. The lowest BCUT2D eigenvalue weighted by Crippen LogP contribution is -2.54. The minimum absolute atomic E-state index is 0.00655. The van der Waals surface area contributed by atoms with Crippen LogP contribution in [0.3, 0.4) is 0 Å². The molecule has 1 fully saturated rings. The van der Waals surface area contributed by atoms with Crippen molar-refractivity contribution < 1.29 is 18.7 Å². The van der Waals surface area contributed by atoms with Gasteiger partial charge in [-0.25, -0.2) is 8.78 Å². The summed E-state index contributed by atoms with van der Waals surface area (Å²) in [5, 5.41) is 9.19. The maximum atomic E-state index is 13.9. The van der Waals surface area contributed by atoms with E-state index in [9.17, 15) is 18.7 Å². The zero-order valence-electron chi connectivity index (χ0n) is 9.85. The fraction of sp³-hybridized carbons (Fsp3) is 0.909. The summed E-state index contributed by atoms with van der Waals surface area (Å²) in [6.45, 7) is 5.40. The summed E-state index contributed by atoms with van der Waals surface area (Å²) in [5.41, 5.74) is -2.31. The molecule has 1 saturated heterocycles. The van der Waals surface area contributed by atoms with Gasteiger partial charge in [0.2, 0.25) is 0 Å². The van der Waals surface area contributed by atoms with Crippen LogP contribution in [-0.2, 0) is 4.79 Å². The van der Waals surface area contributed by atoms with Gasteiger partial charge in [0.1, 0.15) is 5.41 Å². The zero-order valence-corrected chi connectivity index (χ0v) is 10.7. The first-order valence-electron chi connectivity index (χ1n) is 5.30. The number of carboxylic acid groups (broad SMARTS) is 1. The van der Waals surface area contributed by atoms with E-state index in [1.807, 2.05) is 0 Å². The molecule has 94 valence electrons. The van der Waals surface area contributed by atoms with Gasteiger partial charge in [0.25, 0.3) is 5.92 Å². The monoisotopic (exact) mass is 252 g/mol. The highest BCUT2D eigenvalue weighted by Gasteiger charge is 2.61. The summed E-state index contributed by atoms with van der Waals surface area (Å²) in [7, 11) is 0. The van der Waals surface area contributed by atoms with E-state index < -0.39 is 22.7 Å². The van der Waals surface area contributed by atoms with Crippen molar-refractivity contribution in [3.63, 3.8) is 0 Å². The van der Waals surface area contributed by atoms with Crippen LogP contribution in [0.5, 0.6) is 0 Å². The molecule has 0 aromatic heterocycles. The molecule has 16 heavy (non-hydrogen) atoms. The Morgan fingerprint density at radius 3 is 2.38 bits per heavy atom. The van der Waals surface area contributed by atoms with Crippen molar-refractivity contribution in [3.8, 4) is 0 Å². The molecule has 1 atom stereocenters. The number of hydrogen-bond donors (Lipinski definition) is 1. The first kappa shape index (κ1) is 13.7. The highest BCUT2D eigenvalue weighted by Crippen LogP contribution is 2.52. The van der Waals surface area contributed by atoms with E-state index in [0.29, 0.717) is 5.75 Å². The average molecular weight is 252 g/mol.